The van der Waals surface area contributed by atoms with Crippen LogP contribution < -0.4 is 10.6 Å². The summed E-state index contributed by atoms with van der Waals surface area (Å²) in [4.78, 5) is 4.22. The zero-order valence-corrected chi connectivity index (χ0v) is 10.9. The van der Waals surface area contributed by atoms with Gasteiger partial charge >= 0.3 is 0 Å². The first-order chi connectivity index (χ1) is 8.22. The quantitative estimate of drug-likeness (QED) is 0.835. The molecule has 1 saturated carbocycles. The van der Waals surface area contributed by atoms with Gasteiger partial charge in [-0.2, -0.15) is 0 Å². The van der Waals surface area contributed by atoms with Crippen molar-refractivity contribution in [3.05, 3.63) is 18.5 Å². The number of rotatable bonds is 4. The Hall–Kier alpha value is -1.25. The Balaban J connectivity index is 1.92. The van der Waals surface area contributed by atoms with Gasteiger partial charge in [0.15, 0.2) is 0 Å². The van der Waals surface area contributed by atoms with E-state index in [1.165, 1.54) is 32.1 Å². The molecule has 0 aliphatic heterocycles. The molecule has 94 valence electrons. The Morgan fingerprint density at radius 2 is 1.88 bits per heavy atom. The Bertz CT molecular complexity index is 356. The van der Waals surface area contributed by atoms with E-state index in [4.69, 9.17) is 0 Å². The topological polar surface area (TPSA) is 37.0 Å². The van der Waals surface area contributed by atoms with Crippen LogP contribution in [0.4, 0.5) is 11.4 Å². The van der Waals surface area contributed by atoms with Gasteiger partial charge in [0.25, 0.3) is 0 Å². The van der Waals surface area contributed by atoms with Crippen molar-refractivity contribution in [2.75, 3.05) is 24.2 Å². The average molecular weight is 233 g/mol. The highest BCUT2D eigenvalue weighted by Gasteiger charge is 2.26. The van der Waals surface area contributed by atoms with Crippen molar-refractivity contribution >= 4 is 11.4 Å². The van der Waals surface area contributed by atoms with Crippen LogP contribution in [-0.2, 0) is 0 Å². The van der Waals surface area contributed by atoms with E-state index >= 15 is 0 Å². The van der Waals surface area contributed by atoms with Crippen LogP contribution in [0.2, 0.25) is 0 Å². The van der Waals surface area contributed by atoms with Crippen LogP contribution in [0.3, 0.4) is 0 Å². The van der Waals surface area contributed by atoms with Crippen LogP contribution in [0.1, 0.15) is 39.0 Å². The van der Waals surface area contributed by atoms with E-state index in [0.29, 0.717) is 5.41 Å². The predicted molar refractivity (Wildman–Crippen MR) is 73.5 cm³/mol. The first-order valence-electron chi connectivity index (χ1n) is 6.59. The largest absolute Gasteiger partial charge is 0.387 e. The van der Waals surface area contributed by atoms with Gasteiger partial charge in [-0.15, -0.1) is 0 Å². The molecular weight excluding hydrogens is 210 g/mol. The molecule has 1 aliphatic carbocycles. The van der Waals surface area contributed by atoms with Crippen molar-refractivity contribution in [3.8, 4) is 0 Å². The van der Waals surface area contributed by atoms with Crippen LogP contribution in [0, 0.1) is 5.41 Å². The summed E-state index contributed by atoms with van der Waals surface area (Å²) in [5.41, 5.74) is 2.64. The summed E-state index contributed by atoms with van der Waals surface area (Å²) in [6.45, 7) is 3.45. The Labute approximate surface area is 104 Å². The number of nitrogens with one attached hydrogen (secondary N) is 2. The summed E-state index contributed by atoms with van der Waals surface area (Å²) in [5.74, 6) is 0. The van der Waals surface area contributed by atoms with E-state index in [2.05, 4.69) is 28.6 Å². The summed E-state index contributed by atoms with van der Waals surface area (Å²) < 4.78 is 0. The molecule has 2 rings (SSSR count). The third-order valence-electron chi connectivity index (χ3n) is 3.81. The molecule has 0 spiro atoms. The number of nitrogens with zero attached hydrogens (tertiary/aromatic N) is 1. The van der Waals surface area contributed by atoms with Crippen molar-refractivity contribution in [3.63, 3.8) is 0 Å². The molecule has 1 aliphatic rings. The molecule has 1 aromatic rings. The first-order valence-corrected chi connectivity index (χ1v) is 6.59. The zero-order valence-electron chi connectivity index (χ0n) is 10.9. The summed E-state index contributed by atoms with van der Waals surface area (Å²) in [6.07, 6.45) is 10.6. The lowest BCUT2D eigenvalue weighted by Gasteiger charge is -2.34. The molecule has 0 unspecified atom stereocenters. The predicted octanol–water partition coefficient (Wildman–Crippen LogP) is 3.51. The molecule has 0 atom stereocenters. The molecule has 1 fully saturated rings. The minimum absolute atomic E-state index is 0.466. The normalized spacial score (nSPS) is 18.7. The van der Waals surface area contributed by atoms with Gasteiger partial charge in [-0.1, -0.05) is 26.2 Å². The molecule has 0 aromatic carbocycles. The average Bonchev–Trinajstić information content (AvgIpc) is 2.38. The fourth-order valence-corrected chi connectivity index (χ4v) is 2.57. The lowest BCUT2D eigenvalue weighted by Crippen LogP contribution is -2.28. The highest BCUT2D eigenvalue weighted by Crippen LogP contribution is 2.35. The minimum atomic E-state index is 0.466. The van der Waals surface area contributed by atoms with Crippen LogP contribution in [-0.4, -0.2) is 18.6 Å². The maximum absolute atomic E-state index is 4.22. The zero-order chi connectivity index (χ0) is 12.1. The second-order valence-electron chi connectivity index (χ2n) is 5.44. The number of aromatic nitrogens is 1. The molecule has 1 heterocycles. The summed E-state index contributed by atoms with van der Waals surface area (Å²) in [6, 6.07) is 2.11. The lowest BCUT2D eigenvalue weighted by molar-refractivity contribution is 0.233. The van der Waals surface area contributed by atoms with Crippen LogP contribution in [0.15, 0.2) is 18.5 Å². The van der Waals surface area contributed by atoms with E-state index in [1.54, 1.807) is 0 Å². The van der Waals surface area contributed by atoms with Crippen molar-refractivity contribution in [2.24, 2.45) is 5.41 Å². The minimum Gasteiger partial charge on any atom is -0.387 e. The van der Waals surface area contributed by atoms with Crippen LogP contribution in [0.5, 0.6) is 0 Å². The third-order valence-corrected chi connectivity index (χ3v) is 3.81. The molecule has 2 N–H and O–H groups in total. The second kappa shape index (κ2) is 5.39. The van der Waals surface area contributed by atoms with E-state index < -0.39 is 0 Å². The first kappa shape index (κ1) is 12.2. The van der Waals surface area contributed by atoms with Crippen molar-refractivity contribution in [1.29, 1.82) is 0 Å². The van der Waals surface area contributed by atoms with Gasteiger partial charge in [-0.3, -0.25) is 4.98 Å². The van der Waals surface area contributed by atoms with Gasteiger partial charge in [-0.05, 0) is 24.3 Å². The SMILES string of the molecule is CNc1cncc(NCC2(C)CCCCC2)c1. The standard InChI is InChI=1S/C14H23N3/c1-14(6-4-3-5-7-14)11-17-13-8-12(15-2)9-16-10-13/h8-10,15,17H,3-7,11H2,1-2H3. The summed E-state index contributed by atoms with van der Waals surface area (Å²) in [7, 11) is 1.92. The fourth-order valence-electron chi connectivity index (χ4n) is 2.57. The van der Waals surface area contributed by atoms with E-state index in [-0.39, 0.29) is 0 Å². The van der Waals surface area contributed by atoms with Gasteiger partial charge in [0.1, 0.15) is 0 Å². The third kappa shape index (κ3) is 3.35. The maximum Gasteiger partial charge on any atom is 0.0547 e. The lowest BCUT2D eigenvalue weighted by atomic mass is 9.76. The molecule has 3 heteroatoms. The highest BCUT2D eigenvalue weighted by atomic mass is 14.9. The Morgan fingerprint density at radius 3 is 2.59 bits per heavy atom. The maximum atomic E-state index is 4.22. The molecular formula is C14H23N3. The van der Waals surface area contributed by atoms with Crippen molar-refractivity contribution in [2.45, 2.75) is 39.0 Å². The Kier molecular flexibility index (Phi) is 3.87. The molecule has 0 amide bonds. The molecule has 3 nitrogen and oxygen atoms in total. The van der Waals surface area contributed by atoms with Crippen molar-refractivity contribution < 1.29 is 0 Å². The molecule has 0 bridgehead atoms. The van der Waals surface area contributed by atoms with Crippen molar-refractivity contribution in [1.82, 2.24) is 4.98 Å². The number of hydrogen-bond acceptors (Lipinski definition) is 3. The fraction of sp³-hybridized carbons (Fsp3) is 0.643. The monoisotopic (exact) mass is 233 g/mol. The van der Waals surface area contributed by atoms with Gasteiger partial charge < -0.3 is 10.6 Å². The molecule has 17 heavy (non-hydrogen) atoms. The number of anilines is 2. The smallest absolute Gasteiger partial charge is 0.0547 e. The van der Waals surface area contributed by atoms with Gasteiger partial charge in [0.05, 0.1) is 23.8 Å². The summed E-state index contributed by atoms with van der Waals surface area (Å²) in [5, 5.41) is 6.64. The number of hydrogen-bond donors (Lipinski definition) is 2. The summed E-state index contributed by atoms with van der Waals surface area (Å²) >= 11 is 0. The van der Waals surface area contributed by atoms with E-state index in [0.717, 1.165) is 17.9 Å². The molecule has 0 saturated heterocycles. The highest BCUT2D eigenvalue weighted by molar-refractivity contribution is 5.53. The second-order valence-corrected chi connectivity index (χ2v) is 5.44. The molecule has 1 aromatic heterocycles. The Morgan fingerprint density at radius 1 is 1.18 bits per heavy atom. The van der Waals surface area contributed by atoms with E-state index in [1.807, 2.05) is 19.4 Å². The van der Waals surface area contributed by atoms with Gasteiger partial charge in [0, 0.05) is 13.6 Å². The number of pyridine rings is 1. The van der Waals surface area contributed by atoms with Crippen LogP contribution >= 0.6 is 0 Å². The van der Waals surface area contributed by atoms with Crippen LogP contribution in [0.25, 0.3) is 0 Å². The molecule has 0 radical (unpaired) electrons. The van der Waals surface area contributed by atoms with Gasteiger partial charge in [0.2, 0.25) is 0 Å². The van der Waals surface area contributed by atoms with Gasteiger partial charge in [-0.25, -0.2) is 0 Å². The van der Waals surface area contributed by atoms with E-state index in [9.17, 15) is 0 Å².